The van der Waals surface area contributed by atoms with Gasteiger partial charge in [-0.3, -0.25) is 9.59 Å². The molecular formula is C11H12F4N2O3. The Hall–Kier alpha value is -1.90. The van der Waals surface area contributed by atoms with Gasteiger partial charge in [0.15, 0.2) is 0 Å². The lowest BCUT2D eigenvalue weighted by atomic mass is 10.3. The first-order valence-electron chi connectivity index (χ1n) is 5.46. The van der Waals surface area contributed by atoms with Crippen LogP contribution in [0.5, 0.6) is 0 Å². The Balaban J connectivity index is 2.88. The monoisotopic (exact) mass is 296 g/mol. The smallest absolute Gasteiger partial charge is 0.383 e. The molecule has 1 amide bonds. The van der Waals surface area contributed by atoms with Crippen LogP contribution in [0.15, 0.2) is 23.1 Å². The van der Waals surface area contributed by atoms with Gasteiger partial charge < -0.3 is 14.6 Å². The summed E-state index contributed by atoms with van der Waals surface area (Å²) in [5.74, 6) is -6.93. The number of carbonyl (C=O) groups is 1. The second-order valence-electron chi connectivity index (χ2n) is 3.82. The predicted molar refractivity (Wildman–Crippen MR) is 62.2 cm³/mol. The van der Waals surface area contributed by atoms with Crippen LogP contribution in [0, 0.1) is 0 Å². The first kappa shape index (κ1) is 16.2. The van der Waals surface area contributed by atoms with Crippen molar-refractivity contribution in [1.29, 1.82) is 0 Å². The molecule has 20 heavy (non-hydrogen) atoms. The summed E-state index contributed by atoms with van der Waals surface area (Å²) >= 11 is 0. The van der Waals surface area contributed by atoms with Crippen molar-refractivity contribution in [2.75, 3.05) is 19.0 Å². The van der Waals surface area contributed by atoms with Crippen LogP contribution in [-0.2, 0) is 16.1 Å². The van der Waals surface area contributed by atoms with Crippen molar-refractivity contribution < 1.29 is 27.1 Å². The van der Waals surface area contributed by atoms with E-state index in [1.165, 1.54) is 7.11 Å². The highest BCUT2D eigenvalue weighted by Crippen LogP contribution is 2.24. The van der Waals surface area contributed by atoms with Crippen LogP contribution in [0.3, 0.4) is 0 Å². The molecule has 1 rings (SSSR count). The van der Waals surface area contributed by atoms with Crippen LogP contribution >= 0.6 is 0 Å². The molecule has 0 radical (unpaired) electrons. The molecule has 0 aliphatic carbocycles. The number of carbonyl (C=O) groups excluding carboxylic acids is 1. The lowest BCUT2D eigenvalue weighted by molar-refractivity contribution is -0.163. The Morgan fingerprint density at radius 3 is 2.65 bits per heavy atom. The van der Waals surface area contributed by atoms with Crippen molar-refractivity contribution in [3.63, 3.8) is 0 Å². The predicted octanol–water partition coefficient (Wildman–Crippen LogP) is 1.33. The maximum atomic E-state index is 12.8. The van der Waals surface area contributed by atoms with Crippen molar-refractivity contribution in [2.45, 2.75) is 18.9 Å². The van der Waals surface area contributed by atoms with Crippen molar-refractivity contribution in [3.8, 4) is 0 Å². The van der Waals surface area contributed by atoms with Gasteiger partial charge in [-0.15, -0.1) is 0 Å². The number of methoxy groups -OCH3 is 1. The lowest BCUT2D eigenvalue weighted by Gasteiger charge is -2.15. The number of aromatic nitrogens is 1. The van der Waals surface area contributed by atoms with Crippen LogP contribution < -0.4 is 10.9 Å². The zero-order valence-corrected chi connectivity index (χ0v) is 10.4. The van der Waals surface area contributed by atoms with Crippen LogP contribution in [0.1, 0.15) is 0 Å². The summed E-state index contributed by atoms with van der Waals surface area (Å²) in [5.41, 5.74) is -0.633. The molecule has 0 saturated heterocycles. The molecule has 1 N–H and O–H groups in total. The summed E-state index contributed by atoms with van der Waals surface area (Å²) in [6, 6.07) is 2.07. The molecule has 112 valence electrons. The van der Waals surface area contributed by atoms with E-state index in [2.05, 4.69) is 0 Å². The van der Waals surface area contributed by atoms with Crippen molar-refractivity contribution >= 4 is 11.6 Å². The number of hydrogen-bond donors (Lipinski definition) is 1. The maximum absolute atomic E-state index is 12.8. The van der Waals surface area contributed by atoms with E-state index in [9.17, 15) is 27.2 Å². The number of nitrogens with one attached hydrogen (secondary N) is 1. The van der Waals surface area contributed by atoms with Crippen molar-refractivity contribution in [2.24, 2.45) is 0 Å². The van der Waals surface area contributed by atoms with Gasteiger partial charge in [0.05, 0.1) is 12.3 Å². The summed E-state index contributed by atoms with van der Waals surface area (Å²) in [7, 11) is 1.40. The van der Waals surface area contributed by atoms with Crippen LogP contribution in [-0.4, -0.2) is 36.5 Å². The zero-order valence-electron chi connectivity index (χ0n) is 10.4. The molecule has 0 aromatic carbocycles. The third-order valence-electron chi connectivity index (χ3n) is 2.35. The second kappa shape index (κ2) is 6.51. The number of ether oxygens (including phenoxy) is 1. The molecule has 0 aliphatic rings. The van der Waals surface area contributed by atoms with Gasteiger partial charge in [-0.1, -0.05) is 0 Å². The molecule has 0 atom stereocenters. The number of halogens is 4. The standard InChI is InChI=1S/C11H12F4N2O3/c1-20-5-4-17-6-7(2-3-8(17)18)16-10(19)11(14,15)9(12)13/h2-3,6,9H,4-5H2,1H3,(H,16,19). The minimum Gasteiger partial charge on any atom is -0.383 e. The van der Waals surface area contributed by atoms with Crippen LogP contribution in [0.25, 0.3) is 0 Å². The summed E-state index contributed by atoms with van der Waals surface area (Å²) in [6.07, 6.45) is -3.04. The van der Waals surface area contributed by atoms with E-state index in [1.54, 1.807) is 5.32 Å². The zero-order chi connectivity index (χ0) is 15.3. The largest absolute Gasteiger partial charge is 0.383 e. The van der Waals surface area contributed by atoms with Crippen LogP contribution in [0.2, 0.25) is 0 Å². The SMILES string of the molecule is COCCn1cc(NC(=O)C(F)(F)C(F)F)ccc1=O. The molecular weight excluding hydrogens is 284 g/mol. The van der Waals surface area contributed by atoms with Gasteiger partial charge in [0.25, 0.3) is 5.56 Å². The number of pyridine rings is 1. The Labute approximate surface area is 111 Å². The maximum Gasteiger partial charge on any atom is 0.383 e. The highest BCUT2D eigenvalue weighted by molar-refractivity contribution is 5.96. The first-order valence-corrected chi connectivity index (χ1v) is 5.46. The molecule has 0 bridgehead atoms. The van der Waals surface area contributed by atoms with Gasteiger partial charge >= 0.3 is 18.3 Å². The van der Waals surface area contributed by atoms with Crippen LogP contribution in [0.4, 0.5) is 23.2 Å². The Bertz CT molecular complexity index is 531. The molecule has 0 unspecified atom stereocenters. The topological polar surface area (TPSA) is 60.3 Å². The van der Waals surface area contributed by atoms with E-state index >= 15 is 0 Å². The van der Waals surface area contributed by atoms with Crippen molar-refractivity contribution in [3.05, 3.63) is 28.7 Å². The van der Waals surface area contributed by atoms with Gasteiger partial charge in [0.1, 0.15) is 0 Å². The number of amides is 1. The number of rotatable bonds is 6. The number of hydrogen-bond acceptors (Lipinski definition) is 3. The first-order chi connectivity index (χ1) is 9.28. The highest BCUT2D eigenvalue weighted by atomic mass is 19.3. The molecule has 1 heterocycles. The van der Waals surface area contributed by atoms with Gasteiger partial charge in [0, 0.05) is 25.9 Å². The Morgan fingerprint density at radius 2 is 2.10 bits per heavy atom. The fourth-order valence-electron chi connectivity index (χ4n) is 1.28. The minimum atomic E-state index is -4.80. The summed E-state index contributed by atoms with van der Waals surface area (Å²) in [4.78, 5) is 22.4. The van der Waals surface area contributed by atoms with E-state index in [0.717, 1.165) is 22.9 Å². The summed E-state index contributed by atoms with van der Waals surface area (Å²) in [6.45, 7) is 0.314. The summed E-state index contributed by atoms with van der Waals surface area (Å²) < 4.78 is 55.3. The average molecular weight is 296 g/mol. The van der Waals surface area contributed by atoms with Gasteiger partial charge in [-0.05, 0) is 6.07 Å². The molecule has 9 heteroatoms. The quantitative estimate of drug-likeness (QED) is 0.806. The number of nitrogens with zero attached hydrogens (tertiary/aromatic N) is 1. The number of anilines is 1. The fourth-order valence-corrected chi connectivity index (χ4v) is 1.28. The molecule has 1 aromatic heterocycles. The molecule has 0 fully saturated rings. The molecule has 0 aliphatic heterocycles. The third kappa shape index (κ3) is 3.80. The second-order valence-corrected chi connectivity index (χ2v) is 3.82. The Kier molecular flexibility index (Phi) is 5.26. The fraction of sp³-hybridized carbons (Fsp3) is 0.455. The molecule has 0 saturated carbocycles. The molecule has 1 aromatic rings. The van der Waals surface area contributed by atoms with Crippen molar-refractivity contribution in [1.82, 2.24) is 4.57 Å². The normalized spacial score (nSPS) is 11.7. The average Bonchev–Trinajstić information content (AvgIpc) is 2.39. The highest BCUT2D eigenvalue weighted by Gasteiger charge is 2.48. The minimum absolute atomic E-state index is 0.129. The molecule has 0 spiro atoms. The van der Waals surface area contributed by atoms with Gasteiger partial charge in [-0.25, -0.2) is 8.78 Å². The van der Waals surface area contributed by atoms with Gasteiger partial charge in [-0.2, -0.15) is 8.78 Å². The van der Waals surface area contributed by atoms with Gasteiger partial charge in [0.2, 0.25) is 0 Å². The number of alkyl halides is 4. The Morgan fingerprint density at radius 1 is 1.45 bits per heavy atom. The van der Waals surface area contributed by atoms with E-state index in [1.807, 2.05) is 0 Å². The molecule has 5 nitrogen and oxygen atoms in total. The summed E-state index contributed by atoms with van der Waals surface area (Å²) in [5, 5.41) is 1.64. The van der Waals surface area contributed by atoms with E-state index in [-0.39, 0.29) is 18.8 Å². The van der Waals surface area contributed by atoms with E-state index in [0.29, 0.717) is 0 Å². The van der Waals surface area contributed by atoms with E-state index < -0.39 is 23.8 Å². The lowest BCUT2D eigenvalue weighted by Crippen LogP contribution is -2.41. The third-order valence-corrected chi connectivity index (χ3v) is 2.35. The van der Waals surface area contributed by atoms with E-state index in [4.69, 9.17) is 4.74 Å².